The number of thioether (sulfide) groups is 1. The molecule has 0 N–H and O–H groups in total. The number of ether oxygens (including phenoxy) is 2. The second-order valence-electron chi connectivity index (χ2n) is 5.35. The summed E-state index contributed by atoms with van der Waals surface area (Å²) in [6.07, 6.45) is 0. The van der Waals surface area contributed by atoms with E-state index in [-0.39, 0.29) is 5.82 Å². The van der Waals surface area contributed by atoms with E-state index in [2.05, 4.69) is 10.2 Å². The molecule has 2 aromatic carbocycles. The highest BCUT2D eigenvalue weighted by Crippen LogP contribution is 2.32. The molecule has 7 heteroatoms. The molecular formula is C18H18FN3O2S. The van der Waals surface area contributed by atoms with Gasteiger partial charge in [-0.2, -0.15) is 0 Å². The topological polar surface area (TPSA) is 49.2 Å². The van der Waals surface area contributed by atoms with E-state index in [1.807, 2.05) is 35.9 Å². The first kappa shape index (κ1) is 17.3. The van der Waals surface area contributed by atoms with Gasteiger partial charge in [0.25, 0.3) is 0 Å². The Morgan fingerprint density at radius 1 is 1.04 bits per heavy atom. The highest BCUT2D eigenvalue weighted by atomic mass is 32.2. The van der Waals surface area contributed by atoms with E-state index in [1.54, 1.807) is 20.3 Å². The minimum absolute atomic E-state index is 0.234. The largest absolute Gasteiger partial charge is 0.493 e. The molecule has 0 aliphatic carbocycles. The van der Waals surface area contributed by atoms with Gasteiger partial charge in [0.2, 0.25) is 0 Å². The fraction of sp³-hybridized carbons (Fsp3) is 0.222. The van der Waals surface area contributed by atoms with Gasteiger partial charge in [0, 0.05) is 18.4 Å². The summed E-state index contributed by atoms with van der Waals surface area (Å²) in [4.78, 5) is 0. The van der Waals surface area contributed by atoms with E-state index in [0.29, 0.717) is 17.3 Å². The van der Waals surface area contributed by atoms with Gasteiger partial charge in [0.15, 0.2) is 22.5 Å². The number of hydrogen-bond donors (Lipinski definition) is 0. The average Bonchev–Trinajstić information content (AvgIpc) is 3.00. The lowest BCUT2D eigenvalue weighted by Crippen LogP contribution is -1.96. The predicted octanol–water partition coefficient (Wildman–Crippen LogP) is 3.93. The number of halogens is 1. The summed E-state index contributed by atoms with van der Waals surface area (Å²) in [5.41, 5.74) is 1.78. The fourth-order valence-corrected chi connectivity index (χ4v) is 3.30. The minimum atomic E-state index is -0.234. The molecule has 0 atom stereocenters. The van der Waals surface area contributed by atoms with Crippen molar-refractivity contribution in [3.8, 4) is 22.9 Å². The molecule has 5 nitrogen and oxygen atoms in total. The highest BCUT2D eigenvalue weighted by Gasteiger charge is 2.14. The summed E-state index contributed by atoms with van der Waals surface area (Å²) < 4.78 is 25.8. The molecule has 1 heterocycles. The Hall–Kier alpha value is -2.54. The van der Waals surface area contributed by atoms with Crippen LogP contribution in [0.2, 0.25) is 0 Å². The second-order valence-corrected chi connectivity index (χ2v) is 6.30. The number of nitrogens with zero attached hydrogens (tertiary/aromatic N) is 3. The van der Waals surface area contributed by atoms with Gasteiger partial charge in [-0.15, -0.1) is 10.2 Å². The van der Waals surface area contributed by atoms with Crippen LogP contribution in [0.3, 0.4) is 0 Å². The van der Waals surface area contributed by atoms with Crippen LogP contribution < -0.4 is 9.47 Å². The molecule has 0 amide bonds. The molecule has 0 bridgehead atoms. The van der Waals surface area contributed by atoms with Gasteiger partial charge in [0.05, 0.1) is 14.2 Å². The van der Waals surface area contributed by atoms with E-state index < -0.39 is 0 Å². The molecule has 0 saturated heterocycles. The highest BCUT2D eigenvalue weighted by molar-refractivity contribution is 7.98. The Morgan fingerprint density at radius 2 is 1.84 bits per heavy atom. The second kappa shape index (κ2) is 7.57. The third-order valence-electron chi connectivity index (χ3n) is 3.73. The van der Waals surface area contributed by atoms with Crippen LogP contribution in [0.25, 0.3) is 11.4 Å². The minimum Gasteiger partial charge on any atom is -0.493 e. The lowest BCUT2D eigenvalue weighted by Gasteiger charge is -2.09. The van der Waals surface area contributed by atoms with Crippen molar-refractivity contribution in [2.45, 2.75) is 10.9 Å². The number of hydrogen-bond acceptors (Lipinski definition) is 5. The van der Waals surface area contributed by atoms with Gasteiger partial charge in [-0.25, -0.2) is 4.39 Å². The molecule has 25 heavy (non-hydrogen) atoms. The predicted molar refractivity (Wildman–Crippen MR) is 95.5 cm³/mol. The Morgan fingerprint density at radius 3 is 2.56 bits per heavy atom. The third-order valence-corrected chi connectivity index (χ3v) is 4.82. The molecule has 0 fully saturated rings. The maximum absolute atomic E-state index is 13.3. The zero-order valence-electron chi connectivity index (χ0n) is 14.2. The van der Waals surface area contributed by atoms with Crippen LogP contribution in [0, 0.1) is 5.82 Å². The number of rotatable bonds is 6. The van der Waals surface area contributed by atoms with Crippen molar-refractivity contribution in [1.29, 1.82) is 0 Å². The van der Waals surface area contributed by atoms with Crippen LogP contribution in [0.4, 0.5) is 4.39 Å². The van der Waals surface area contributed by atoms with Crippen molar-refractivity contribution in [1.82, 2.24) is 14.8 Å². The van der Waals surface area contributed by atoms with Crippen LogP contribution in [0.5, 0.6) is 11.5 Å². The van der Waals surface area contributed by atoms with Gasteiger partial charge in [-0.3, -0.25) is 0 Å². The van der Waals surface area contributed by atoms with Crippen LogP contribution in [-0.2, 0) is 12.8 Å². The van der Waals surface area contributed by atoms with E-state index in [4.69, 9.17) is 9.47 Å². The normalized spacial score (nSPS) is 10.7. The van der Waals surface area contributed by atoms with Crippen molar-refractivity contribution in [2.24, 2.45) is 7.05 Å². The molecule has 0 radical (unpaired) electrons. The molecule has 3 rings (SSSR count). The van der Waals surface area contributed by atoms with Crippen LogP contribution in [0.1, 0.15) is 5.56 Å². The smallest absolute Gasteiger partial charge is 0.191 e. The first-order valence-electron chi connectivity index (χ1n) is 7.61. The summed E-state index contributed by atoms with van der Waals surface area (Å²) in [6.45, 7) is 0. The maximum Gasteiger partial charge on any atom is 0.191 e. The summed E-state index contributed by atoms with van der Waals surface area (Å²) in [5.74, 6) is 2.41. The first-order chi connectivity index (χ1) is 12.1. The maximum atomic E-state index is 13.3. The quantitative estimate of drug-likeness (QED) is 0.624. The third kappa shape index (κ3) is 3.76. The molecule has 0 spiro atoms. The molecule has 130 valence electrons. The summed E-state index contributed by atoms with van der Waals surface area (Å²) in [5, 5.41) is 9.26. The average molecular weight is 359 g/mol. The Balaban J connectivity index is 1.81. The van der Waals surface area contributed by atoms with Crippen molar-refractivity contribution in [2.75, 3.05) is 14.2 Å². The number of benzene rings is 2. The van der Waals surface area contributed by atoms with E-state index >= 15 is 0 Å². The Labute approximate surface area is 149 Å². The van der Waals surface area contributed by atoms with E-state index in [1.165, 1.54) is 23.9 Å². The monoisotopic (exact) mass is 359 g/mol. The van der Waals surface area contributed by atoms with E-state index in [0.717, 1.165) is 22.1 Å². The van der Waals surface area contributed by atoms with Gasteiger partial charge >= 0.3 is 0 Å². The van der Waals surface area contributed by atoms with Crippen molar-refractivity contribution < 1.29 is 13.9 Å². The van der Waals surface area contributed by atoms with Crippen LogP contribution >= 0.6 is 11.8 Å². The van der Waals surface area contributed by atoms with Crippen LogP contribution in [0.15, 0.2) is 47.6 Å². The molecule has 3 aromatic rings. The van der Waals surface area contributed by atoms with Gasteiger partial charge in [0.1, 0.15) is 5.82 Å². The molecular weight excluding hydrogens is 341 g/mol. The summed E-state index contributed by atoms with van der Waals surface area (Å²) >= 11 is 1.51. The van der Waals surface area contributed by atoms with Gasteiger partial charge in [-0.05, 0) is 35.9 Å². The van der Waals surface area contributed by atoms with Crippen molar-refractivity contribution >= 4 is 11.8 Å². The molecule has 0 unspecified atom stereocenters. The fourth-order valence-electron chi connectivity index (χ4n) is 2.44. The van der Waals surface area contributed by atoms with Crippen molar-refractivity contribution in [3.05, 3.63) is 53.8 Å². The lowest BCUT2D eigenvalue weighted by molar-refractivity contribution is 0.355. The lowest BCUT2D eigenvalue weighted by atomic mass is 10.2. The molecule has 0 saturated carbocycles. The zero-order chi connectivity index (χ0) is 17.8. The number of methoxy groups -OCH3 is 2. The standard InChI is InChI=1S/C18H18FN3O2S/c1-22-17(13-7-8-15(23-2)16(10-13)24-3)20-21-18(22)25-11-12-5-4-6-14(19)9-12/h4-10H,11H2,1-3H3. The first-order valence-corrected chi connectivity index (χ1v) is 8.60. The molecule has 0 aliphatic heterocycles. The number of aromatic nitrogens is 3. The summed E-state index contributed by atoms with van der Waals surface area (Å²) in [7, 11) is 5.10. The van der Waals surface area contributed by atoms with Crippen LogP contribution in [-0.4, -0.2) is 29.0 Å². The van der Waals surface area contributed by atoms with Gasteiger partial charge in [-0.1, -0.05) is 23.9 Å². The molecule has 1 aromatic heterocycles. The molecule has 0 aliphatic rings. The Kier molecular flexibility index (Phi) is 5.23. The Bertz CT molecular complexity index is 883. The van der Waals surface area contributed by atoms with Crippen molar-refractivity contribution in [3.63, 3.8) is 0 Å². The van der Waals surface area contributed by atoms with Gasteiger partial charge < -0.3 is 14.0 Å². The van der Waals surface area contributed by atoms with E-state index in [9.17, 15) is 4.39 Å². The summed E-state index contributed by atoms with van der Waals surface area (Å²) in [6, 6.07) is 12.2. The SMILES string of the molecule is COc1ccc(-c2nnc(SCc3cccc(F)c3)n2C)cc1OC. The zero-order valence-corrected chi connectivity index (χ0v) is 15.0.